The van der Waals surface area contributed by atoms with Gasteiger partial charge in [-0.15, -0.1) is 0 Å². The van der Waals surface area contributed by atoms with Crippen molar-refractivity contribution in [3.63, 3.8) is 0 Å². The molecule has 0 amide bonds. The van der Waals surface area contributed by atoms with E-state index in [9.17, 15) is 13.2 Å². The van der Waals surface area contributed by atoms with Gasteiger partial charge in [0, 0.05) is 12.3 Å². The number of benzene rings is 2. The van der Waals surface area contributed by atoms with Crippen molar-refractivity contribution in [2.45, 2.75) is 20.8 Å². The van der Waals surface area contributed by atoms with Crippen molar-refractivity contribution in [2.75, 3.05) is 29.4 Å². The van der Waals surface area contributed by atoms with E-state index in [1.165, 1.54) is 30.1 Å². The average molecular weight is 371 g/mol. The van der Waals surface area contributed by atoms with Gasteiger partial charge in [0.05, 0.1) is 11.4 Å². The van der Waals surface area contributed by atoms with Gasteiger partial charge in [0.15, 0.2) is 11.6 Å². The summed E-state index contributed by atoms with van der Waals surface area (Å²) in [5.74, 6) is -1.84. The van der Waals surface area contributed by atoms with E-state index in [1.54, 1.807) is 13.0 Å². The van der Waals surface area contributed by atoms with Crippen LogP contribution in [0.25, 0.3) is 0 Å². The molecule has 0 aromatic heterocycles. The Kier molecular flexibility index (Phi) is 9.23. The Bertz CT molecular complexity index is 681. The lowest BCUT2D eigenvalue weighted by molar-refractivity contribution is 0.512. The minimum atomic E-state index is -1.05. The fourth-order valence-electron chi connectivity index (χ4n) is 1.90. The molecule has 25 heavy (non-hydrogen) atoms. The van der Waals surface area contributed by atoms with Gasteiger partial charge >= 0.3 is 0 Å². The summed E-state index contributed by atoms with van der Waals surface area (Å²) < 4.78 is 44.5. The molecule has 0 radical (unpaired) electrons. The van der Waals surface area contributed by atoms with Gasteiger partial charge in [-0.1, -0.05) is 31.9 Å². The number of halogens is 3. The maximum absolute atomic E-state index is 14.1. The molecular formula is C18H24F3N3S. The summed E-state index contributed by atoms with van der Waals surface area (Å²) in [6.45, 7) is 6.51. The van der Waals surface area contributed by atoms with E-state index in [4.69, 9.17) is 0 Å². The first kappa shape index (κ1) is 21.2. The van der Waals surface area contributed by atoms with Crippen LogP contribution in [-0.2, 0) is 0 Å². The van der Waals surface area contributed by atoms with Crippen LogP contribution in [0.5, 0.6) is 0 Å². The smallest absolute Gasteiger partial charge is 0.184 e. The molecule has 7 heteroatoms. The van der Waals surface area contributed by atoms with E-state index in [0.717, 1.165) is 23.9 Å². The standard InChI is InChI=1S/C16H18F3N3S.C2H6/c1-10-3-5-13(12(18)9-10)21-16-14(22-23-8-7-20-2)6-4-11(17)15(16)19;1-2/h3-6,9,20-22H,7-8H2,1-2H3;1-2H3. The second kappa shape index (κ2) is 10.9. The molecule has 3 N–H and O–H groups in total. The van der Waals surface area contributed by atoms with Crippen LogP contribution in [0.2, 0.25) is 0 Å². The molecule has 0 spiro atoms. The van der Waals surface area contributed by atoms with Crippen LogP contribution in [0.15, 0.2) is 30.3 Å². The van der Waals surface area contributed by atoms with Crippen LogP contribution in [0.4, 0.5) is 30.2 Å². The third-order valence-corrected chi connectivity index (χ3v) is 3.89. The molecule has 0 saturated carbocycles. The van der Waals surface area contributed by atoms with Gasteiger partial charge in [0.1, 0.15) is 11.5 Å². The second-order valence-corrected chi connectivity index (χ2v) is 5.85. The molecular weight excluding hydrogens is 347 g/mol. The predicted octanol–water partition coefficient (Wildman–Crippen LogP) is 5.46. The lowest BCUT2D eigenvalue weighted by Gasteiger charge is -2.15. The molecule has 0 atom stereocenters. The number of nitrogens with one attached hydrogen (secondary N) is 3. The Morgan fingerprint density at radius 2 is 1.64 bits per heavy atom. The molecule has 2 aromatic rings. The topological polar surface area (TPSA) is 36.1 Å². The zero-order valence-corrected chi connectivity index (χ0v) is 15.7. The molecule has 0 aliphatic heterocycles. The van der Waals surface area contributed by atoms with E-state index in [0.29, 0.717) is 5.69 Å². The maximum Gasteiger partial charge on any atom is 0.184 e. The molecule has 0 heterocycles. The number of hydrogen-bond donors (Lipinski definition) is 3. The predicted molar refractivity (Wildman–Crippen MR) is 102 cm³/mol. The van der Waals surface area contributed by atoms with Crippen LogP contribution in [0, 0.1) is 24.4 Å². The lowest BCUT2D eigenvalue weighted by Crippen LogP contribution is -2.11. The SMILES string of the molecule is CC.CNCCSNc1ccc(F)c(F)c1Nc1ccc(C)cc1F. The summed E-state index contributed by atoms with van der Waals surface area (Å²) in [5.41, 5.74) is 1.06. The Balaban J connectivity index is 0.00000151. The van der Waals surface area contributed by atoms with E-state index in [2.05, 4.69) is 15.4 Å². The van der Waals surface area contributed by atoms with Gasteiger partial charge < -0.3 is 15.4 Å². The first-order valence-electron chi connectivity index (χ1n) is 8.06. The highest BCUT2D eigenvalue weighted by Crippen LogP contribution is 2.32. The summed E-state index contributed by atoms with van der Waals surface area (Å²) in [5, 5.41) is 5.62. The first-order chi connectivity index (χ1) is 12.0. The van der Waals surface area contributed by atoms with Gasteiger partial charge in [-0.25, -0.2) is 13.2 Å². The Morgan fingerprint density at radius 1 is 0.960 bits per heavy atom. The van der Waals surface area contributed by atoms with Crippen molar-refractivity contribution >= 4 is 29.0 Å². The summed E-state index contributed by atoms with van der Waals surface area (Å²) in [6.07, 6.45) is 0. The minimum absolute atomic E-state index is 0.0865. The van der Waals surface area contributed by atoms with Crippen molar-refractivity contribution in [3.8, 4) is 0 Å². The highest BCUT2D eigenvalue weighted by molar-refractivity contribution is 8.00. The number of rotatable bonds is 7. The van der Waals surface area contributed by atoms with Gasteiger partial charge in [-0.05, 0) is 43.8 Å². The Hall–Kier alpha value is -1.86. The van der Waals surface area contributed by atoms with Crippen LogP contribution in [0.1, 0.15) is 19.4 Å². The molecule has 2 rings (SSSR count). The minimum Gasteiger partial charge on any atom is -0.349 e. The van der Waals surface area contributed by atoms with Gasteiger partial charge in [-0.2, -0.15) is 0 Å². The molecule has 0 saturated heterocycles. The fourth-order valence-corrected chi connectivity index (χ4v) is 2.63. The molecule has 3 nitrogen and oxygen atoms in total. The maximum atomic E-state index is 14.1. The summed E-state index contributed by atoms with van der Waals surface area (Å²) in [4.78, 5) is 0. The van der Waals surface area contributed by atoms with Gasteiger partial charge in [0.2, 0.25) is 0 Å². The van der Waals surface area contributed by atoms with Crippen molar-refractivity contribution in [1.82, 2.24) is 5.32 Å². The molecule has 0 bridgehead atoms. The van der Waals surface area contributed by atoms with Crippen LogP contribution in [0.3, 0.4) is 0 Å². The Morgan fingerprint density at radius 3 is 2.28 bits per heavy atom. The third kappa shape index (κ3) is 6.17. The second-order valence-electron chi connectivity index (χ2n) is 4.95. The van der Waals surface area contributed by atoms with Gasteiger partial charge in [0.25, 0.3) is 0 Å². The monoisotopic (exact) mass is 371 g/mol. The fraction of sp³-hybridized carbons (Fsp3) is 0.333. The number of anilines is 3. The highest BCUT2D eigenvalue weighted by atomic mass is 32.2. The first-order valence-corrected chi connectivity index (χ1v) is 9.05. The number of hydrogen-bond acceptors (Lipinski definition) is 4. The summed E-state index contributed by atoms with van der Waals surface area (Å²) >= 11 is 1.34. The quantitative estimate of drug-likeness (QED) is 0.446. The average Bonchev–Trinajstić information content (AvgIpc) is 2.61. The van der Waals surface area contributed by atoms with Crippen LogP contribution < -0.4 is 15.4 Å². The lowest BCUT2D eigenvalue weighted by atomic mass is 10.2. The largest absolute Gasteiger partial charge is 0.349 e. The number of aryl methyl sites for hydroxylation is 1. The van der Waals surface area contributed by atoms with Crippen LogP contribution >= 0.6 is 11.9 Å². The molecule has 2 aromatic carbocycles. The molecule has 138 valence electrons. The Labute approximate surface area is 151 Å². The third-order valence-electron chi connectivity index (χ3n) is 3.12. The summed E-state index contributed by atoms with van der Waals surface area (Å²) in [7, 11) is 1.82. The molecule has 0 aliphatic rings. The van der Waals surface area contributed by atoms with Crippen molar-refractivity contribution in [1.29, 1.82) is 0 Å². The molecule has 0 aliphatic carbocycles. The van der Waals surface area contributed by atoms with E-state index >= 15 is 0 Å². The van der Waals surface area contributed by atoms with Crippen molar-refractivity contribution in [2.24, 2.45) is 0 Å². The van der Waals surface area contributed by atoms with Crippen molar-refractivity contribution < 1.29 is 13.2 Å². The highest BCUT2D eigenvalue weighted by Gasteiger charge is 2.15. The summed E-state index contributed by atoms with van der Waals surface area (Å²) in [6, 6.07) is 6.96. The molecule has 0 fully saturated rings. The van der Waals surface area contributed by atoms with Gasteiger partial charge in [-0.3, -0.25) is 0 Å². The van der Waals surface area contributed by atoms with Crippen molar-refractivity contribution in [3.05, 3.63) is 53.3 Å². The normalized spacial score (nSPS) is 10.0. The molecule has 0 unspecified atom stereocenters. The van der Waals surface area contributed by atoms with E-state index in [-0.39, 0.29) is 11.4 Å². The van der Waals surface area contributed by atoms with E-state index in [1.807, 2.05) is 20.9 Å². The zero-order chi connectivity index (χ0) is 18.8. The van der Waals surface area contributed by atoms with E-state index < -0.39 is 17.5 Å². The zero-order valence-electron chi connectivity index (χ0n) is 14.8. The van der Waals surface area contributed by atoms with Crippen LogP contribution in [-0.4, -0.2) is 19.3 Å².